The van der Waals surface area contributed by atoms with Crippen molar-refractivity contribution < 1.29 is 19.1 Å². The molecule has 30 heavy (non-hydrogen) atoms. The Bertz CT molecular complexity index is 930. The lowest BCUT2D eigenvalue weighted by molar-refractivity contribution is -0.121. The summed E-state index contributed by atoms with van der Waals surface area (Å²) in [6, 6.07) is 13.2. The molecule has 7 heteroatoms. The van der Waals surface area contributed by atoms with Gasteiger partial charge in [-0.05, 0) is 49.6 Å². The summed E-state index contributed by atoms with van der Waals surface area (Å²) in [6.07, 6.45) is 3.98. The molecule has 7 nitrogen and oxygen atoms in total. The number of rotatable bonds is 4. The van der Waals surface area contributed by atoms with Gasteiger partial charge in [0.1, 0.15) is 0 Å². The highest BCUT2D eigenvalue weighted by atomic mass is 16.5. The summed E-state index contributed by atoms with van der Waals surface area (Å²) in [5, 5.41) is 5.10. The number of hydrogen-bond acceptors (Lipinski definition) is 5. The normalized spacial score (nSPS) is 17.6. The van der Waals surface area contributed by atoms with Gasteiger partial charge in [0.15, 0.2) is 11.5 Å². The molecule has 1 heterocycles. The third-order valence-electron chi connectivity index (χ3n) is 5.52. The van der Waals surface area contributed by atoms with Gasteiger partial charge in [0, 0.05) is 24.2 Å². The lowest BCUT2D eigenvalue weighted by Gasteiger charge is -2.32. The zero-order valence-electron chi connectivity index (χ0n) is 17.1. The molecule has 0 unspecified atom stereocenters. The number of nitrogens with one attached hydrogen (secondary N) is 2. The fourth-order valence-corrected chi connectivity index (χ4v) is 4.09. The number of fused-ring (bicyclic) bond motifs is 2. The highest BCUT2D eigenvalue weighted by Crippen LogP contribution is 2.33. The second-order valence-electron chi connectivity index (χ2n) is 7.74. The predicted molar refractivity (Wildman–Crippen MR) is 114 cm³/mol. The van der Waals surface area contributed by atoms with Crippen molar-refractivity contribution >= 4 is 17.6 Å². The van der Waals surface area contributed by atoms with E-state index in [4.69, 9.17) is 9.47 Å². The second-order valence-corrected chi connectivity index (χ2v) is 7.74. The fourth-order valence-electron chi connectivity index (χ4n) is 4.09. The van der Waals surface area contributed by atoms with E-state index < -0.39 is 6.03 Å². The van der Waals surface area contributed by atoms with E-state index in [2.05, 4.69) is 28.8 Å². The average molecular weight is 409 g/mol. The maximum absolute atomic E-state index is 12.4. The van der Waals surface area contributed by atoms with Gasteiger partial charge < -0.3 is 14.8 Å². The molecule has 0 bridgehead atoms. The van der Waals surface area contributed by atoms with Gasteiger partial charge >= 0.3 is 6.03 Å². The lowest BCUT2D eigenvalue weighted by Crippen LogP contribution is -2.42. The summed E-state index contributed by atoms with van der Waals surface area (Å²) in [6.45, 7) is 1.32. The Morgan fingerprint density at radius 2 is 1.87 bits per heavy atom. The van der Waals surface area contributed by atoms with E-state index in [0.717, 1.165) is 25.7 Å². The number of likely N-dealkylation sites (N-methyl/N-ethyl adjacent to an activating group) is 1. The van der Waals surface area contributed by atoms with Gasteiger partial charge in [-0.3, -0.25) is 15.0 Å². The molecule has 2 N–H and O–H groups in total. The molecule has 0 fully saturated rings. The molecular formula is C23H27N3O4. The largest absolute Gasteiger partial charge is 0.490 e. The number of benzene rings is 2. The highest BCUT2D eigenvalue weighted by Gasteiger charge is 2.25. The van der Waals surface area contributed by atoms with Crippen LogP contribution in [-0.4, -0.2) is 43.6 Å². The van der Waals surface area contributed by atoms with E-state index in [1.807, 2.05) is 18.0 Å². The van der Waals surface area contributed by atoms with Crippen LogP contribution in [0.25, 0.3) is 0 Å². The van der Waals surface area contributed by atoms with Crippen molar-refractivity contribution in [3.05, 3.63) is 53.6 Å². The minimum atomic E-state index is -0.563. The van der Waals surface area contributed by atoms with Crippen molar-refractivity contribution in [3.63, 3.8) is 0 Å². The molecule has 2 aromatic rings. The van der Waals surface area contributed by atoms with Gasteiger partial charge in [0.25, 0.3) is 0 Å². The standard InChI is InChI=1S/C23H27N3O4/c1-26(19-9-4-7-16-6-2-3-8-18(16)19)15-22(27)25-23(28)24-17-10-11-20-21(14-17)30-13-5-12-29-20/h2-3,6,8,10-11,14,19H,4-5,7,9,12-13,15H2,1H3,(H2,24,25,27,28)/t19-/m0/s1. The van der Waals surface area contributed by atoms with Gasteiger partial charge in [0.2, 0.25) is 5.91 Å². The van der Waals surface area contributed by atoms with E-state index in [1.165, 1.54) is 11.1 Å². The third kappa shape index (κ3) is 4.74. The van der Waals surface area contributed by atoms with E-state index >= 15 is 0 Å². The molecule has 1 aliphatic heterocycles. The van der Waals surface area contributed by atoms with Crippen molar-refractivity contribution in [1.29, 1.82) is 0 Å². The van der Waals surface area contributed by atoms with Crippen LogP contribution in [0, 0.1) is 0 Å². The number of carbonyl (C=O) groups excluding carboxylic acids is 2. The molecule has 0 saturated heterocycles. The number of nitrogens with zero attached hydrogens (tertiary/aromatic N) is 1. The van der Waals surface area contributed by atoms with Gasteiger partial charge in [-0.1, -0.05) is 24.3 Å². The van der Waals surface area contributed by atoms with Crippen LogP contribution < -0.4 is 20.1 Å². The lowest BCUT2D eigenvalue weighted by atomic mass is 9.87. The monoisotopic (exact) mass is 409 g/mol. The maximum atomic E-state index is 12.4. The predicted octanol–water partition coefficient (Wildman–Crippen LogP) is 3.51. The summed E-state index contributed by atoms with van der Waals surface area (Å²) in [7, 11) is 1.92. The highest BCUT2D eigenvalue weighted by molar-refractivity contribution is 6.01. The van der Waals surface area contributed by atoms with Gasteiger partial charge in [-0.15, -0.1) is 0 Å². The first kappa shape index (κ1) is 20.2. The Morgan fingerprint density at radius 3 is 2.73 bits per heavy atom. The van der Waals surface area contributed by atoms with Crippen molar-refractivity contribution in [2.24, 2.45) is 0 Å². The summed E-state index contributed by atoms with van der Waals surface area (Å²) in [4.78, 5) is 26.7. The number of anilines is 1. The first-order chi connectivity index (χ1) is 14.6. The molecule has 0 saturated carbocycles. The van der Waals surface area contributed by atoms with Crippen LogP contribution in [0.2, 0.25) is 0 Å². The minimum absolute atomic E-state index is 0.146. The molecule has 1 atom stereocenters. The molecule has 3 amide bonds. The number of hydrogen-bond donors (Lipinski definition) is 2. The van der Waals surface area contributed by atoms with E-state index in [9.17, 15) is 9.59 Å². The first-order valence-corrected chi connectivity index (χ1v) is 10.4. The second kappa shape index (κ2) is 9.17. The van der Waals surface area contributed by atoms with Crippen LogP contribution in [0.1, 0.15) is 36.4 Å². The first-order valence-electron chi connectivity index (χ1n) is 10.4. The Labute approximate surface area is 176 Å². The molecule has 158 valence electrons. The van der Waals surface area contributed by atoms with E-state index in [1.54, 1.807) is 18.2 Å². The SMILES string of the molecule is CN(CC(=O)NC(=O)Nc1ccc2c(c1)OCCCO2)[C@H]1CCCc2ccccc21. The minimum Gasteiger partial charge on any atom is -0.490 e. The van der Waals surface area contributed by atoms with Crippen LogP contribution >= 0.6 is 0 Å². The third-order valence-corrected chi connectivity index (χ3v) is 5.52. The number of ether oxygens (including phenoxy) is 2. The van der Waals surface area contributed by atoms with Crippen LogP contribution in [-0.2, 0) is 11.2 Å². The summed E-state index contributed by atoms with van der Waals surface area (Å²) < 4.78 is 11.2. The van der Waals surface area contributed by atoms with Gasteiger partial charge in [-0.25, -0.2) is 4.79 Å². The molecule has 1 aliphatic carbocycles. The molecular weight excluding hydrogens is 382 g/mol. The van der Waals surface area contributed by atoms with Crippen LogP contribution in [0.15, 0.2) is 42.5 Å². The Balaban J connectivity index is 1.32. The quantitative estimate of drug-likeness (QED) is 0.808. The van der Waals surface area contributed by atoms with Crippen LogP contribution in [0.3, 0.4) is 0 Å². The number of amides is 3. The molecule has 2 aromatic carbocycles. The van der Waals surface area contributed by atoms with Crippen LogP contribution in [0.4, 0.5) is 10.5 Å². The Morgan fingerprint density at radius 1 is 1.07 bits per heavy atom. The molecule has 0 spiro atoms. The zero-order valence-corrected chi connectivity index (χ0v) is 17.1. The number of imide groups is 1. The van der Waals surface area contributed by atoms with E-state index in [-0.39, 0.29) is 18.5 Å². The maximum Gasteiger partial charge on any atom is 0.325 e. The van der Waals surface area contributed by atoms with Crippen molar-refractivity contribution in [3.8, 4) is 11.5 Å². The Hall–Kier alpha value is -3.06. The topological polar surface area (TPSA) is 79.9 Å². The molecule has 0 radical (unpaired) electrons. The van der Waals surface area contributed by atoms with E-state index in [0.29, 0.717) is 30.4 Å². The van der Waals surface area contributed by atoms with Crippen molar-refractivity contribution in [2.75, 3.05) is 32.1 Å². The summed E-state index contributed by atoms with van der Waals surface area (Å²) >= 11 is 0. The van der Waals surface area contributed by atoms with Crippen molar-refractivity contribution in [1.82, 2.24) is 10.2 Å². The smallest absolute Gasteiger partial charge is 0.325 e. The molecule has 4 rings (SSSR count). The molecule has 0 aromatic heterocycles. The number of urea groups is 1. The summed E-state index contributed by atoms with van der Waals surface area (Å²) in [5.41, 5.74) is 3.16. The summed E-state index contributed by atoms with van der Waals surface area (Å²) in [5.74, 6) is 0.906. The number of carbonyl (C=O) groups is 2. The number of aryl methyl sites for hydroxylation is 1. The molecule has 2 aliphatic rings. The average Bonchev–Trinajstić information content (AvgIpc) is 2.98. The zero-order chi connectivity index (χ0) is 20.9. The van der Waals surface area contributed by atoms with Gasteiger partial charge in [0.05, 0.1) is 19.8 Å². The Kier molecular flexibility index (Phi) is 6.18. The van der Waals surface area contributed by atoms with Crippen molar-refractivity contribution in [2.45, 2.75) is 31.7 Å². The van der Waals surface area contributed by atoms with Gasteiger partial charge in [-0.2, -0.15) is 0 Å². The fraction of sp³-hybridized carbons (Fsp3) is 0.391. The van der Waals surface area contributed by atoms with Crippen LogP contribution in [0.5, 0.6) is 11.5 Å².